The second kappa shape index (κ2) is 14.9. The summed E-state index contributed by atoms with van der Waals surface area (Å²) < 4.78 is 0. The summed E-state index contributed by atoms with van der Waals surface area (Å²) in [5.41, 5.74) is 0.418. The first kappa shape index (κ1) is 23.2. The molecule has 0 aliphatic rings. The number of nitrogens with zero attached hydrogens (tertiary/aromatic N) is 1. The lowest BCUT2D eigenvalue weighted by molar-refractivity contribution is 0.112. The minimum Gasteiger partial charge on any atom is -0.506 e. The third-order valence-corrected chi connectivity index (χ3v) is 3.18. The summed E-state index contributed by atoms with van der Waals surface area (Å²) in [6, 6.07) is 5.05. The van der Waals surface area contributed by atoms with Crippen molar-refractivity contribution in [2.45, 2.75) is 60.4 Å². The van der Waals surface area contributed by atoms with Crippen LogP contribution in [0.2, 0.25) is 5.02 Å². The fraction of sp³-hybridized carbons (Fsp3) is 0.611. The molecule has 128 valence electrons. The Morgan fingerprint density at radius 1 is 1.18 bits per heavy atom. The van der Waals surface area contributed by atoms with Crippen LogP contribution in [0.25, 0.3) is 0 Å². The largest absolute Gasteiger partial charge is 0.506 e. The summed E-state index contributed by atoms with van der Waals surface area (Å²) >= 11 is 5.47. The van der Waals surface area contributed by atoms with E-state index in [-0.39, 0.29) is 10.8 Å². The third-order valence-electron chi connectivity index (χ3n) is 2.86. The van der Waals surface area contributed by atoms with Crippen molar-refractivity contribution in [1.82, 2.24) is 4.90 Å². The van der Waals surface area contributed by atoms with Crippen molar-refractivity contribution in [2.75, 3.05) is 13.1 Å². The molecule has 1 N–H and O–H groups in total. The Morgan fingerprint density at radius 2 is 1.68 bits per heavy atom. The molecule has 0 bridgehead atoms. The number of carbonyl (C=O) groups excluding carboxylic acids is 1. The van der Waals surface area contributed by atoms with Crippen LogP contribution < -0.4 is 0 Å². The normalized spacial score (nSPS) is 9.68. The topological polar surface area (TPSA) is 40.5 Å². The maximum atomic E-state index is 10.1. The van der Waals surface area contributed by atoms with Gasteiger partial charge in [-0.25, -0.2) is 0 Å². The van der Waals surface area contributed by atoms with Crippen molar-refractivity contribution >= 4 is 17.9 Å². The highest BCUT2D eigenvalue weighted by atomic mass is 35.5. The Balaban J connectivity index is 0. The van der Waals surface area contributed by atoms with Gasteiger partial charge in [0.2, 0.25) is 0 Å². The van der Waals surface area contributed by atoms with Crippen molar-refractivity contribution in [3.05, 3.63) is 28.8 Å². The number of halogens is 1. The van der Waals surface area contributed by atoms with E-state index in [0.717, 1.165) is 6.04 Å². The van der Waals surface area contributed by atoms with Crippen LogP contribution in [0, 0.1) is 0 Å². The minimum absolute atomic E-state index is 0.0636. The van der Waals surface area contributed by atoms with Gasteiger partial charge in [0.25, 0.3) is 0 Å². The fourth-order valence-corrected chi connectivity index (χ4v) is 1.92. The quantitative estimate of drug-likeness (QED) is 0.710. The summed E-state index contributed by atoms with van der Waals surface area (Å²) in [5, 5.41) is 9.20. The molecule has 0 saturated carbocycles. The van der Waals surface area contributed by atoms with Crippen molar-refractivity contribution in [3.8, 4) is 5.75 Å². The molecule has 0 aromatic heterocycles. The number of hydrogen-bond donors (Lipinski definition) is 1. The predicted octanol–water partition coefficient (Wildman–Crippen LogP) is 5.40. The SMILES string of the molecule is CC.CCCN(CCC)C(C)C.O=Cc1ccc(Cl)c(O)c1. The van der Waals surface area contributed by atoms with Gasteiger partial charge in [-0.2, -0.15) is 0 Å². The van der Waals surface area contributed by atoms with Crippen molar-refractivity contribution in [3.63, 3.8) is 0 Å². The van der Waals surface area contributed by atoms with E-state index in [2.05, 4.69) is 32.6 Å². The third kappa shape index (κ3) is 10.6. The summed E-state index contributed by atoms with van der Waals surface area (Å²) in [6.07, 6.45) is 3.20. The number of hydrogen-bond acceptors (Lipinski definition) is 3. The van der Waals surface area contributed by atoms with Gasteiger partial charge in [-0.3, -0.25) is 4.79 Å². The smallest absolute Gasteiger partial charge is 0.150 e. The summed E-state index contributed by atoms with van der Waals surface area (Å²) in [5.74, 6) is -0.0636. The van der Waals surface area contributed by atoms with Crippen LogP contribution in [-0.4, -0.2) is 35.4 Å². The molecule has 0 spiro atoms. The molecule has 22 heavy (non-hydrogen) atoms. The first-order valence-corrected chi connectivity index (χ1v) is 8.51. The lowest BCUT2D eigenvalue weighted by Crippen LogP contribution is -2.32. The zero-order valence-corrected chi connectivity index (χ0v) is 15.7. The van der Waals surface area contributed by atoms with Crippen LogP contribution in [0.15, 0.2) is 18.2 Å². The second-order valence-electron chi connectivity index (χ2n) is 4.96. The summed E-state index contributed by atoms with van der Waals surface area (Å²) in [6.45, 7) is 15.5. The van der Waals surface area contributed by atoms with Gasteiger partial charge in [-0.1, -0.05) is 39.3 Å². The molecule has 0 fully saturated rings. The second-order valence-corrected chi connectivity index (χ2v) is 5.37. The average Bonchev–Trinajstić information content (AvgIpc) is 2.52. The number of carbonyl (C=O) groups is 1. The number of aromatic hydroxyl groups is 1. The number of benzene rings is 1. The standard InChI is InChI=1S/C9H21N.C7H5ClO2.C2H6/c1-5-7-10(8-6-2)9(3)4;8-6-2-1-5(4-9)3-7(6)10;1-2/h9H,5-8H2,1-4H3;1-4,10H;1-2H3. The first-order valence-electron chi connectivity index (χ1n) is 8.13. The monoisotopic (exact) mass is 329 g/mol. The maximum Gasteiger partial charge on any atom is 0.150 e. The Hall–Kier alpha value is -1.06. The highest BCUT2D eigenvalue weighted by Gasteiger charge is 2.04. The van der Waals surface area contributed by atoms with Crippen molar-refractivity contribution < 1.29 is 9.90 Å². The van der Waals surface area contributed by atoms with E-state index in [1.54, 1.807) is 0 Å². The van der Waals surface area contributed by atoms with Gasteiger partial charge in [-0.15, -0.1) is 0 Å². The van der Waals surface area contributed by atoms with Crippen LogP contribution in [-0.2, 0) is 0 Å². The maximum absolute atomic E-state index is 10.1. The first-order chi connectivity index (χ1) is 10.5. The molecule has 0 aliphatic carbocycles. The molecule has 1 aromatic carbocycles. The molecule has 0 unspecified atom stereocenters. The molecule has 0 atom stereocenters. The van der Waals surface area contributed by atoms with Gasteiger partial charge in [0.05, 0.1) is 5.02 Å². The van der Waals surface area contributed by atoms with Crippen LogP contribution in [0.5, 0.6) is 5.75 Å². The lowest BCUT2D eigenvalue weighted by Gasteiger charge is -2.24. The van der Waals surface area contributed by atoms with Gasteiger partial charge in [0, 0.05) is 11.6 Å². The number of phenolic OH excluding ortho intramolecular Hbond substituents is 1. The molecule has 0 amide bonds. The average molecular weight is 330 g/mol. The Bertz CT molecular complexity index is 389. The van der Waals surface area contributed by atoms with E-state index in [9.17, 15) is 4.79 Å². The molecule has 0 saturated heterocycles. The van der Waals surface area contributed by atoms with E-state index in [4.69, 9.17) is 16.7 Å². The number of aldehydes is 1. The molecule has 0 heterocycles. The highest BCUT2D eigenvalue weighted by molar-refractivity contribution is 6.32. The van der Waals surface area contributed by atoms with E-state index < -0.39 is 0 Å². The number of phenols is 1. The fourth-order valence-electron chi connectivity index (χ4n) is 1.81. The van der Waals surface area contributed by atoms with E-state index in [1.807, 2.05) is 13.8 Å². The molecule has 3 nitrogen and oxygen atoms in total. The van der Waals surface area contributed by atoms with Gasteiger partial charge < -0.3 is 10.0 Å². The van der Waals surface area contributed by atoms with Crippen molar-refractivity contribution in [1.29, 1.82) is 0 Å². The van der Waals surface area contributed by atoms with E-state index >= 15 is 0 Å². The zero-order valence-electron chi connectivity index (χ0n) is 14.9. The minimum atomic E-state index is -0.0636. The van der Waals surface area contributed by atoms with Gasteiger partial charge in [0.15, 0.2) is 0 Å². The molecule has 4 heteroatoms. The van der Waals surface area contributed by atoms with Crippen LogP contribution >= 0.6 is 11.6 Å². The van der Waals surface area contributed by atoms with E-state index in [1.165, 1.54) is 44.1 Å². The molecule has 0 aliphatic heterocycles. The Morgan fingerprint density at radius 3 is 2.00 bits per heavy atom. The Labute approximate surface area is 141 Å². The van der Waals surface area contributed by atoms with E-state index in [0.29, 0.717) is 11.8 Å². The van der Waals surface area contributed by atoms with Gasteiger partial charge in [-0.05, 0) is 58.0 Å². The van der Waals surface area contributed by atoms with Gasteiger partial charge in [0.1, 0.15) is 12.0 Å². The molecular weight excluding hydrogens is 298 g/mol. The van der Waals surface area contributed by atoms with Crippen LogP contribution in [0.3, 0.4) is 0 Å². The molecular formula is C18H32ClNO2. The highest BCUT2D eigenvalue weighted by Crippen LogP contribution is 2.22. The molecule has 1 rings (SSSR count). The summed E-state index contributed by atoms with van der Waals surface area (Å²) in [7, 11) is 0. The predicted molar refractivity (Wildman–Crippen MR) is 97.1 cm³/mol. The number of rotatable bonds is 6. The van der Waals surface area contributed by atoms with Crippen LogP contribution in [0.1, 0.15) is 64.7 Å². The van der Waals surface area contributed by atoms with Gasteiger partial charge >= 0.3 is 0 Å². The summed E-state index contributed by atoms with van der Waals surface area (Å²) in [4.78, 5) is 12.6. The van der Waals surface area contributed by atoms with Crippen molar-refractivity contribution in [2.24, 2.45) is 0 Å². The zero-order chi connectivity index (χ0) is 17.5. The molecule has 0 radical (unpaired) electrons. The Kier molecular flexibility index (Phi) is 15.7. The lowest BCUT2D eigenvalue weighted by atomic mass is 10.2. The van der Waals surface area contributed by atoms with Crippen LogP contribution in [0.4, 0.5) is 0 Å². The molecule has 1 aromatic rings.